The maximum absolute atomic E-state index is 12.8. The van der Waals surface area contributed by atoms with Gasteiger partial charge in [-0.1, -0.05) is 308 Å². The molecule has 4 aromatic carbocycles. The number of aromatic carboxylic acids is 2. The molecule has 788 valence electrons. The van der Waals surface area contributed by atoms with Crippen molar-refractivity contribution < 1.29 is 86.7 Å². The number of hydrogen-bond acceptors (Lipinski definition) is 16. The summed E-state index contributed by atoms with van der Waals surface area (Å²) in [5.41, 5.74) is 6.88. The fourth-order valence-electron chi connectivity index (χ4n) is 17.5. The van der Waals surface area contributed by atoms with Crippen LogP contribution in [0.25, 0.3) is 0 Å². The Morgan fingerprint density at radius 2 is 0.570 bits per heavy atom. The second kappa shape index (κ2) is 48.0. The summed E-state index contributed by atoms with van der Waals surface area (Å²) in [6, 6.07) is 0. The smallest absolute Gasteiger partial charge is 0.339 e. The van der Waals surface area contributed by atoms with Crippen molar-refractivity contribution in [2.75, 3.05) is 0 Å². The lowest BCUT2D eigenvalue weighted by atomic mass is 9.61. The molecule has 0 heterocycles. The number of phenolic OH excluding ortho intramolecular Hbond substituents is 3. The number of rotatable bonds is 28. The molecule has 0 bridgehead atoms. The number of aromatic hydroxyl groups is 4. The molecule has 12 atom stereocenters. The van der Waals surface area contributed by atoms with Crippen LogP contribution in [0.5, 0.6) is 46.0 Å². The number of carboxylic acids is 2. The van der Waals surface area contributed by atoms with Gasteiger partial charge in [-0.2, -0.15) is 0 Å². The molecule has 4 fully saturated rings. The number of allylic oxidation sites excluding steroid dienone is 16. The summed E-state index contributed by atoms with van der Waals surface area (Å²) in [4.78, 5) is 97.5. The van der Waals surface area contributed by atoms with E-state index in [1.165, 1.54) is 6.92 Å². The predicted octanol–water partition coefficient (Wildman–Crippen LogP) is 32.7. The summed E-state index contributed by atoms with van der Waals surface area (Å²) < 4.78 is 27.6. The van der Waals surface area contributed by atoms with Crippen LogP contribution in [-0.2, 0) is 44.9 Å². The molecule has 8 rings (SSSR count). The Morgan fingerprint density at radius 3 is 0.838 bits per heavy atom. The first-order valence-electron chi connectivity index (χ1n) is 50.5. The molecule has 0 aromatic heterocycles. The number of carbonyl (C=O) groups is 8. The highest BCUT2D eigenvalue weighted by atomic mass is 35.5. The van der Waals surface area contributed by atoms with Crippen molar-refractivity contribution in [1.82, 2.24) is 0 Å². The van der Waals surface area contributed by atoms with Gasteiger partial charge >= 0.3 is 11.9 Å². The first-order chi connectivity index (χ1) is 64.6. The van der Waals surface area contributed by atoms with Crippen LogP contribution in [0.1, 0.15) is 331 Å². The Labute approximate surface area is 875 Å². The number of Topliss-reactive ketones (excluding diaryl/α,β-unsaturated/α-hetero) is 4. The highest BCUT2D eigenvalue weighted by Crippen LogP contribution is 2.56. The zero-order valence-corrected chi connectivity index (χ0v) is 100. The monoisotopic (exact) mass is 2110 g/mol. The summed E-state index contributed by atoms with van der Waals surface area (Å²) in [6.07, 6.45) is 33.5. The van der Waals surface area contributed by atoms with Crippen molar-refractivity contribution in [1.29, 1.82) is 0 Å². The number of benzene rings is 4. The molecule has 4 aliphatic carbocycles. The molecule has 12 unspecified atom stereocenters. The lowest BCUT2D eigenvalue weighted by Crippen LogP contribution is -2.45. The summed E-state index contributed by atoms with van der Waals surface area (Å²) in [5, 5.41) is 61.5. The Balaban J connectivity index is 0.000000339. The van der Waals surface area contributed by atoms with Gasteiger partial charge in [-0.25, -0.2) is 9.59 Å². The summed E-state index contributed by atoms with van der Waals surface area (Å²) in [7, 11) is -9.43. The van der Waals surface area contributed by atoms with E-state index in [9.17, 15) is 69.0 Å². The molecule has 0 amide bonds. The topological polar surface area (TPSA) is 295 Å². The van der Waals surface area contributed by atoms with Gasteiger partial charge in [0.15, 0.2) is 12.6 Å². The maximum atomic E-state index is 12.8. The predicted molar refractivity (Wildman–Crippen MR) is 597 cm³/mol. The average Bonchev–Trinajstić information content (AvgIpc) is 0.751. The molecule has 18 nitrogen and oxygen atoms in total. The first-order valence-corrected chi connectivity index (χ1v) is 63.6. The van der Waals surface area contributed by atoms with Crippen molar-refractivity contribution in [3.05, 3.63) is 182 Å². The van der Waals surface area contributed by atoms with Crippen LogP contribution in [0.4, 0.5) is 0 Å². The molecule has 0 saturated heterocycles. The first kappa shape index (κ1) is 125. The molecule has 0 aliphatic heterocycles. The molecule has 0 radical (unpaired) electrons. The molecule has 4 saturated carbocycles. The number of ketones is 4. The zero-order chi connectivity index (χ0) is 109. The molecule has 0 spiro atoms. The standard InChI is InChI=1S/C35H57ClO5Si2.C35H57ClO4Si2.C23H29ClO5.C23H29ClO4/c1-22(20-21-35(11)23(2)17-19-27(37)25(35)4)16-18-26-30(40-42(12,13)33(5,6)7)28(32(38)39)24(3)29(36)31(26)41-43(14,15)34(8,9)10;1-23(20-21-35(11)24(2)17-19-29(38)26(35)4)16-18-27-31(39-41(12,13)33(5,6)7)28(22-37)25(3)30(36)32(27)40-42(14,15)34(8,9)10;1-12(10-11-23(5)13(2)7-9-17(25)15(23)4)6-8-16-20(26)18(22(28)29)14(3)19(24)21(16)27;1-13(10-11-23(5)14(2)7-9-19(26)16(23)4)6-8-17-21(27)18(12-25)15(3)20(24)22(17)28/h16,20-21,23,25H,17-19H2,1-15H3,(H,38,39);16,20-22,24,26H,17-19H2,1-15H3;6,10-11,13,15,26-27H,7-9H2,1-5H3,(H,28,29);6,10-12,14,16,27-28H,7-9H2,1-5H3/b21-20+,22-16+;21-20+,23-16+;11-10+,12-6+;11-10+,13-6+. The number of hydrogen-bond donors (Lipinski definition) is 6. The minimum atomic E-state index is -2.46. The number of halogens is 4. The normalized spacial score (nSPS) is 24.0. The molecule has 6 N–H and O–H groups in total. The number of carboxylic acid groups (broad SMARTS) is 2. The van der Waals surface area contributed by atoms with E-state index in [0.717, 1.165) is 59.8 Å². The van der Waals surface area contributed by atoms with E-state index in [0.29, 0.717) is 147 Å². The van der Waals surface area contributed by atoms with Gasteiger partial charge in [0.2, 0.25) is 0 Å². The Kier molecular flexibility index (Phi) is 42.1. The average molecular weight is 2110 g/mol. The number of phenols is 4. The minimum absolute atomic E-state index is 0.00876. The lowest BCUT2D eigenvalue weighted by Gasteiger charge is -2.42. The molecule has 26 heteroatoms. The second-order valence-corrected chi connectivity index (χ2v) is 68.6. The Hall–Kier alpha value is -7.81. The van der Waals surface area contributed by atoms with E-state index in [1.807, 2.05) is 66.7 Å². The van der Waals surface area contributed by atoms with Crippen LogP contribution in [0, 0.1) is 96.7 Å². The van der Waals surface area contributed by atoms with Crippen LogP contribution in [-0.4, -0.2) is 112 Å². The van der Waals surface area contributed by atoms with Crippen LogP contribution in [0.3, 0.4) is 0 Å². The van der Waals surface area contributed by atoms with Gasteiger partial charge in [-0.3, -0.25) is 28.8 Å². The third kappa shape index (κ3) is 28.2. The Bertz CT molecular complexity index is 5650. The van der Waals surface area contributed by atoms with E-state index in [1.54, 1.807) is 19.9 Å². The molecular weight excluding hydrogens is 1940 g/mol. The largest absolute Gasteiger partial charge is 0.543 e. The summed E-state index contributed by atoms with van der Waals surface area (Å²) in [6.45, 7) is 83.6. The van der Waals surface area contributed by atoms with E-state index in [-0.39, 0.29) is 145 Å². The highest BCUT2D eigenvalue weighted by molar-refractivity contribution is 6.76. The second-order valence-electron chi connectivity index (χ2n) is 48.2. The van der Waals surface area contributed by atoms with Crippen molar-refractivity contribution in [2.45, 2.75) is 371 Å². The molecular formula is C116H172Cl4O18Si4. The van der Waals surface area contributed by atoms with Crippen molar-refractivity contribution in [3.8, 4) is 46.0 Å². The van der Waals surface area contributed by atoms with Crippen molar-refractivity contribution in [3.63, 3.8) is 0 Å². The van der Waals surface area contributed by atoms with Gasteiger partial charge in [-0.15, -0.1) is 0 Å². The molecule has 142 heavy (non-hydrogen) atoms. The van der Waals surface area contributed by atoms with Gasteiger partial charge < -0.3 is 48.3 Å². The maximum Gasteiger partial charge on any atom is 0.339 e. The van der Waals surface area contributed by atoms with Crippen LogP contribution in [0.2, 0.25) is 92.6 Å². The molecule has 4 aromatic rings. The quantitative estimate of drug-likeness (QED) is 0.0175. The van der Waals surface area contributed by atoms with E-state index in [2.05, 4.69) is 253 Å². The van der Waals surface area contributed by atoms with Crippen LogP contribution < -0.4 is 17.7 Å². The number of aldehydes is 2. The van der Waals surface area contributed by atoms with Gasteiger partial charge in [0.25, 0.3) is 33.3 Å². The van der Waals surface area contributed by atoms with Gasteiger partial charge in [0, 0.05) is 71.6 Å². The fraction of sp³-hybridized carbons (Fsp3) is 0.586. The summed E-state index contributed by atoms with van der Waals surface area (Å²) >= 11 is 26.2. The highest BCUT2D eigenvalue weighted by Gasteiger charge is 2.50. The third-order valence-corrected chi connectivity index (χ3v) is 53.9. The van der Waals surface area contributed by atoms with E-state index >= 15 is 0 Å². The Morgan fingerprint density at radius 1 is 0.345 bits per heavy atom. The zero-order valence-electron chi connectivity index (χ0n) is 93.3. The van der Waals surface area contributed by atoms with Crippen LogP contribution in [0.15, 0.2) is 95.2 Å². The SMILES string of the molecule is CC(/C=C/C1(C)C(C)CCC(=O)C1C)=C\Cc1c(O)c(Cl)c(C)c(C(=O)O)c1O.CC(/C=C/C1(C)C(C)CCC(=O)C1C)=C\Cc1c(O)c(Cl)c(C)c(C=O)c1O.CC(/C=C/C1(C)C(C)CCC(=O)C1C)=C\Cc1c(O[Si](C)(C)C(C)(C)C)c(Cl)c(C)c(C(=O)O)c1O[Si](C)(C)C(C)(C)C.CC(/C=C/C1(C)C(C)CCC(=O)C1C)=C\Cc1c(O[Si](C)(C)C(C)(C)C)c(Cl)c(C)c(C=O)c1O[Si](C)(C)C(C)(C)C. The third-order valence-electron chi connectivity index (χ3n) is 34.8. The van der Waals surface area contributed by atoms with Crippen LogP contribution >= 0.6 is 46.4 Å². The number of carbonyl (C=O) groups excluding carboxylic acids is 6. The fourth-order valence-corrected chi connectivity index (χ4v) is 22.7. The molecule has 4 aliphatic rings. The van der Waals surface area contributed by atoms with Gasteiger partial charge in [-0.05, 0) is 247 Å². The van der Waals surface area contributed by atoms with E-state index < -0.39 is 51.0 Å². The van der Waals surface area contributed by atoms with E-state index in [4.69, 9.17) is 64.1 Å². The summed E-state index contributed by atoms with van der Waals surface area (Å²) in [5.74, 6) is 1.26. The van der Waals surface area contributed by atoms with Crippen molar-refractivity contribution >= 4 is 127 Å². The van der Waals surface area contributed by atoms with Crippen molar-refractivity contribution in [2.24, 2.45) is 69.0 Å². The lowest BCUT2D eigenvalue weighted by molar-refractivity contribution is -0.130. The minimum Gasteiger partial charge on any atom is -0.543 e. The van der Waals surface area contributed by atoms with Gasteiger partial charge in [0.1, 0.15) is 80.3 Å². The van der Waals surface area contributed by atoms with Gasteiger partial charge in [0.05, 0.1) is 31.2 Å².